The molecule has 0 radical (unpaired) electrons. The number of nitrogens with two attached hydrogens (primary N) is 5. The molecule has 0 aliphatic carbocycles. The van der Waals surface area contributed by atoms with E-state index in [2.05, 4.69) is 36.4 Å². The zero-order valence-electron chi connectivity index (χ0n) is 40.3. The lowest BCUT2D eigenvalue weighted by atomic mass is 10.0. The van der Waals surface area contributed by atoms with Crippen molar-refractivity contribution in [1.29, 1.82) is 0 Å². The molecule has 7 atom stereocenters. The van der Waals surface area contributed by atoms with Gasteiger partial charge in [-0.2, -0.15) is 0 Å². The minimum absolute atomic E-state index is 0.00585. The number of carboxylic acid groups (broad SMARTS) is 2. The fourth-order valence-corrected chi connectivity index (χ4v) is 7.46. The second-order valence-corrected chi connectivity index (χ2v) is 18.6. The third-order valence-electron chi connectivity index (χ3n) is 10.9. The Morgan fingerprint density at radius 1 is 0.529 bits per heavy atom. The highest BCUT2D eigenvalue weighted by atomic mass is 31.2. The lowest BCUT2D eigenvalue weighted by Crippen LogP contribution is -2.60. The van der Waals surface area contributed by atoms with Gasteiger partial charge in [0.15, 0.2) is 0 Å². The molecule has 0 saturated carbocycles. The lowest BCUT2D eigenvalue weighted by Gasteiger charge is -2.28. The van der Waals surface area contributed by atoms with Gasteiger partial charge in [0.2, 0.25) is 35.4 Å². The molecule has 0 aliphatic rings. The molecule has 25 nitrogen and oxygen atoms in total. The van der Waals surface area contributed by atoms with E-state index in [0.717, 1.165) is 0 Å². The summed E-state index contributed by atoms with van der Waals surface area (Å²) >= 11 is 0. The van der Waals surface area contributed by atoms with Gasteiger partial charge >= 0.3 is 19.8 Å². The Morgan fingerprint density at radius 3 is 1.31 bits per heavy atom. The second-order valence-electron chi connectivity index (χ2n) is 17.4. The minimum Gasteiger partial charge on any atom is -0.481 e. The summed E-state index contributed by atoms with van der Waals surface area (Å²) in [4.78, 5) is 125. The average molecular weight is 1020 g/mol. The second kappa shape index (κ2) is 34.1. The van der Waals surface area contributed by atoms with E-state index in [1.165, 1.54) is 24.3 Å². The van der Waals surface area contributed by atoms with Gasteiger partial charge in [0, 0.05) is 12.8 Å². The number of carbonyl (C=O) groups is 8. The van der Waals surface area contributed by atoms with Crippen LogP contribution in [-0.4, -0.2) is 136 Å². The molecule has 0 bridgehead atoms. The van der Waals surface area contributed by atoms with Crippen molar-refractivity contribution in [3.05, 3.63) is 29.8 Å². The first-order valence-corrected chi connectivity index (χ1v) is 25.2. The van der Waals surface area contributed by atoms with Crippen molar-refractivity contribution in [2.24, 2.45) is 34.6 Å². The molecule has 0 aliphatic heterocycles. The summed E-state index contributed by atoms with van der Waals surface area (Å²) in [5.41, 5.74) is 29.0. The molecule has 1 aromatic rings. The molecule has 0 aromatic heterocycles. The van der Waals surface area contributed by atoms with E-state index in [9.17, 15) is 62.9 Å². The maximum absolute atomic E-state index is 14.2. The van der Waals surface area contributed by atoms with Crippen molar-refractivity contribution in [3.63, 3.8) is 0 Å². The number of hydrogen-bond acceptors (Lipinski definition) is 15. The number of aliphatic carboxylic acids is 2. The Balaban J connectivity index is 3.56. The molecular weight excluding hydrogens is 938 g/mol. The molecule has 0 saturated heterocycles. The van der Waals surface area contributed by atoms with Crippen LogP contribution in [0.3, 0.4) is 0 Å². The summed E-state index contributed by atoms with van der Waals surface area (Å²) in [5.74, 6) is -7.96. The first-order valence-electron chi connectivity index (χ1n) is 23.7. The van der Waals surface area contributed by atoms with E-state index in [1.54, 1.807) is 0 Å². The summed E-state index contributed by atoms with van der Waals surface area (Å²) in [6.07, 6.45) is 2.63. The zero-order valence-corrected chi connectivity index (χ0v) is 41.2. The van der Waals surface area contributed by atoms with Crippen LogP contribution in [0.25, 0.3) is 0 Å². The van der Waals surface area contributed by atoms with Crippen LogP contribution in [0.1, 0.15) is 116 Å². The Morgan fingerprint density at radius 2 is 0.900 bits per heavy atom. The molecular formula is C44H78N11O14P. The van der Waals surface area contributed by atoms with Crippen molar-refractivity contribution in [2.45, 2.75) is 159 Å². The maximum Gasteiger partial charge on any atom is 0.524 e. The number of hydrogen-bond donors (Lipinski definition) is 15. The van der Waals surface area contributed by atoms with E-state index in [4.69, 9.17) is 28.7 Å². The normalized spacial score (nSPS) is 14.4. The van der Waals surface area contributed by atoms with Gasteiger partial charge in [-0.3, -0.25) is 43.3 Å². The lowest BCUT2D eigenvalue weighted by molar-refractivity contribution is -0.142. The number of carbonyl (C=O) groups excluding carboxylic acids is 6. The summed E-state index contributed by atoms with van der Waals surface area (Å²) in [5, 5.41) is 34.9. The largest absolute Gasteiger partial charge is 0.524 e. The van der Waals surface area contributed by atoms with Gasteiger partial charge in [-0.1, -0.05) is 32.4 Å². The summed E-state index contributed by atoms with van der Waals surface area (Å²) < 4.78 is 15.9. The minimum atomic E-state index is -4.92. The monoisotopic (exact) mass is 1020 g/mol. The van der Waals surface area contributed by atoms with E-state index >= 15 is 0 Å². The Kier molecular flexibility index (Phi) is 30.6. The van der Waals surface area contributed by atoms with Crippen molar-refractivity contribution >= 4 is 55.2 Å². The molecule has 0 spiro atoms. The fourth-order valence-electron chi connectivity index (χ4n) is 7.06. The number of nitrogens with one attached hydrogen (secondary N) is 6. The van der Waals surface area contributed by atoms with Gasteiger partial charge in [0.25, 0.3) is 0 Å². The van der Waals surface area contributed by atoms with Crippen molar-refractivity contribution in [2.75, 3.05) is 26.2 Å². The number of carboxylic acids is 2. The van der Waals surface area contributed by atoms with E-state index in [0.29, 0.717) is 63.5 Å². The van der Waals surface area contributed by atoms with Crippen molar-refractivity contribution in [3.8, 4) is 5.75 Å². The third kappa shape index (κ3) is 26.6. The third-order valence-corrected chi connectivity index (χ3v) is 11.3. The van der Waals surface area contributed by atoms with Gasteiger partial charge in [-0.05, 0) is 133 Å². The van der Waals surface area contributed by atoms with Crippen LogP contribution in [0.15, 0.2) is 24.3 Å². The van der Waals surface area contributed by atoms with E-state index in [1.807, 2.05) is 13.8 Å². The predicted octanol–water partition coefficient (Wildman–Crippen LogP) is -1.55. The summed E-state index contributed by atoms with van der Waals surface area (Å²) in [6, 6.07) is -4.08. The van der Waals surface area contributed by atoms with Gasteiger partial charge in [-0.25, -0.2) is 9.36 Å². The zero-order chi connectivity index (χ0) is 52.8. The van der Waals surface area contributed by atoms with Crippen molar-refractivity contribution in [1.82, 2.24) is 31.9 Å². The van der Waals surface area contributed by atoms with E-state index < -0.39 is 110 Å². The molecule has 1 aromatic carbocycles. The highest BCUT2D eigenvalue weighted by Crippen LogP contribution is 2.37. The fraction of sp³-hybridized carbons (Fsp3) is 0.682. The average Bonchev–Trinajstić information content (AvgIpc) is 3.28. The predicted molar refractivity (Wildman–Crippen MR) is 258 cm³/mol. The number of unbranched alkanes of at least 4 members (excludes halogenated alkanes) is 4. The van der Waals surface area contributed by atoms with Crippen LogP contribution >= 0.6 is 7.82 Å². The van der Waals surface area contributed by atoms with Gasteiger partial charge in [0.05, 0.1) is 6.04 Å². The molecule has 398 valence electrons. The standard InChI is InChI=1S/C44H78N11O14P/c1-27(2)25-35(54-38(58)30(49)11-3-7-21-45)42(62)51-31(12-4-8-22-46)39(59)52-33(19-20-37(56)57)41(61)50-32(13-5-9-23-47)40(60)55-36(43(63)53-34(44(64)65)14-6-10-24-48)26-28-15-17-29(18-16-28)69-70(66,67)68/h15-18,27,30-36H,3-14,19-26,45-49H2,1-2H3,(H,50,61)(H,51,62)(H,52,59)(H,53,63)(H,54,58)(H,55,60)(H,56,57)(H,64,65)(H2,66,67,68)/t30-,31-,32-,33-,34-,35-,36-/m0/s1. The van der Waals surface area contributed by atoms with Crippen LogP contribution in [-0.2, 0) is 49.3 Å². The molecule has 1 rings (SSSR count). The summed E-state index contributed by atoms with van der Waals surface area (Å²) in [6.45, 7) is 4.82. The van der Waals surface area contributed by atoms with Crippen LogP contribution in [0.5, 0.6) is 5.75 Å². The first kappa shape index (κ1) is 62.7. The first-order chi connectivity index (χ1) is 33.0. The molecule has 6 amide bonds. The number of rotatable bonds is 38. The molecule has 70 heavy (non-hydrogen) atoms. The Hall–Kier alpha value is -5.27. The van der Waals surface area contributed by atoms with Crippen LogP contribution in [0.4, 0.5) is 0 Å². The number of phosphoric acid groups is 1. The molecule has 0 heterocycles. The van der Waals surface area contributed by atoms with Crippen molar-refractivity contribution < 1.29 is 67.4 Å². The van der Waals surface area contributed by atoms with Gasteiger partial charge < -0.3 is 75.3 Å². The van der Waals surface area contributed by atoms with Crippen LogP contribution in [0.2, 0.25) is 0 Å². The molecule has 0 fully saturated rings. The van der Waals surface area contributed by atoms with Crippen LogP contribution < -0.4 is 65.1 Å². The van der Waals surface area contributed by atoms with E-state index in [-0.39, 0.29) is 69.8 Å². The Bertz CT molecular complexity index is 1860. The molecule has 20 N–H and O–H groups in total. The maximum atomic E-state index is 14.2. The smallest absolute Gasteiger partial charge is 0.481 e. The van der Waals surface area contributed by atoms with Gasteiger partial charge in [-0.15, -0.1) is 0 Å². The van der Waals surface area contributed by atoms with Gasteiger partial charge in [0.1, 0.15) is 42.0 Å². The topological polar surface area (TPSA) is 446 Å². The van der Waals surface area contributed by atoms with Crippen LogP contribution in [0, 0.1) is 5.92 Å². The number of benzene rings is 1. The highest BCUT2D eigenvalue weighted by molar-refractivity contribution is 7.46. The molecule has 0 unspecified atom stereocenters. The Labute approximate surface area is 408 Å². The number of amides is 6. The highest BCUT2D eigenvalue weighted by Gasteiger charge is 2.34. The quantitative estimate of drug-likeness (QED) is 0.0263. The SMILES string of the molecule is CC(C)C[C@H](NC(=O)[C@@H](N)CCCCN)C(=O)N[C@@H](CCCCN)C(=O)N[C@@H](CCC(=O)O)C(=O)N[C@@H](CCCCN)C(=O)N[C@@H](Cc1ccc(OP(=O)(O)O)cc1)C(=O)N[C@@H](CCCCN)C(=O)O. The summed E-state index contributed by atoms with van der Waals surface area (Å²) in [7, 11) is -4.92. The number of phosphoric ester groups is 1. The molecule has 26 heteroatoms.